The summed E-state index contributed by atoms with van der Waals surface area (Å²) >= 11 is 0. The van der Waals surface area contributed by atoms with Crippen LogP contribution in [-0.4, -0.2) is 49.1 Å². The Labute approximate surface area is 96.1 Å². The first kappa shape index (κ1) is 13.1. The number of hydrogen-bond acceptors (Lipinski definition) is 4. The molecule has 0 spiro atoms. The van der Waals surface area contributed by atoms with Crippen molar-refractivity contribution in [1.82, 2.24) is 10.2 Å². The van der Waals surface area contributed by atoms with Gasteiger partial charge in [0.2, 0.25) is 11.8 Å². The van der Waals surface area contributed by atoms with E-state index in [0.717, 1.165) is 6.42 Å². The molecule has 1 atom stereocenters. The van der Waals surface area contributed by atoms with Crippen LogP contribution < -0.4 is 5.32 Å². The zero-order valence-corrected chi connectivity index (χ0v) is 10.4. The van der Waals surface area contributed by atoms with Gasteiger partial charge in [-0.15, -0.1) is 0 Å². The third-order valence-electron chi connectivity index (χ3n) is 3.05. The Balaban J connectivity index is 2.35. The van der Waals surface area contributed by atoms with E-state index >= 15 is 0 Å². The molecule has 16 heavy (non-hydrogen) atoms. The average molecular weight is 228 g/mol. The first-order chi connectivity index (χ1) is 7.37. The molecular weight excluding hydrogens is 208 g/mol. The maximum Gasteiger partial charge on any atom is 0.246 e. The molecule has 0 aromatic rings. The molecule has 1 aliphatic rings. The standard InChI is InChI=1S/C11H20N2O3/c1-11(2,16-4)5-6-12-8-7-9(14)13(3)10(8)15/h8,12H,5-7H2,1-4H3. The monoisotopic (exact) mass is 228 g/mol. The van der Waals surface area contributed by atoms with Gasteiger partial charge in [-0.3, -0.25) is 14.5 Å². The third kappa shape index (κ3) is 3.02. The van der Waals surface area contributed by atoms with Gasteiger partial charge in [0.1, 0.15) is 0 Å². The van der Waals surface area contributed by atoms with E-state index in [4.69, 9.17) is 4.74 Å². The number of rotatable bonds is 5. The van der Waals surface area contributed by atoms with Gasteiger partial charge in [0.25, 0.3) is 0 Å². The Bertz CT molecular complexity index is 289. The summed E-state index contributed by atoms with van der Waals surface area (Å²) in [5, 5.41) is 3.09. The molecule has 1 rings (SSSR count). The fourth-order valence-corrected chi connectivity index (χ4v) is 1.56. The summed E-state index contributed by atoms with van der Waals surface area (Å²) in [5.74, 6) is -0.256. The van der Waals surface area contributed by atoms with Crippen molar-refractivity contribution in [1.29, 1.82) is 0 Å². The van der Waals surface area contributed by atoms with Crippen LogP contribution >= 0.6 is 0 Å². The lowest BCUT2D eigenvalue weighted by atomic mass is 10.1. The number of likely N-dealkylation sites (N-methyl/N-ethyl adjacent to an activating group) is 1. The fraction of sp³-hybridized carbons (Fsp3) is 0.818. The molecule has 0 aromatic carbocycles. The number of ether oxygens (including phenoxy) is 1. The van der Waals surface area contributed by atoms with Gasteiger partial charge in [0.15, 0.2) is 0 Å². The van der Waals surface area contributed by atoms with Crippen molar-refractivity contribution < 1.29 is 14.3 Å². The first-order valence-corrected chi connectivity index (χ1v) is 5.46. The highest BCUT2D eigenvalue weighted by Crippen LogP contribution is 2.14. The molecule has 0 aliphatic carbocycles. The summed E-state index contributed by atoms with van der Waals surface area (Å²) in [4.78, 5) is 24.0. The van der Waals surface area contributed by atoms with Crippen molar-refractivity contribution in [2.75, 3.05) is 20.7 Å². The van der Waals surface area contributed by atoms with Crippen molar-refractivity contribution in [3.05, 3.63) is 0 Å². The molecule has 1 saturated heterocycles. The van der Waals surface area contributed by atoms with Crippen LogP contribution in [0, 0.1) is 0 Å². The Morgan fingerprint density at radius 2 is 2.12 bits per heavy atom. The maximum absolute atomic E-state index is 11.6. The smallest absolute Gasteiger partial charge is 0.246 e. The van der Waals surface area contributed by atoms with Crippen LogP contribution in [-0.2, 0) is 14.3 Å². The van der Waals surface area contributed by atoms with E-state index in [1.807, 2.05) is 13.8 Å². The molecule has 0 bridgehead atoms. The van der Waals surface area contributed by atoms with Gasteiger partial charge in [0, 0.05) is 14.2 Å². The highest BCUT2D eigenvalue weighted by atomic mass is 16.5. The topological polar surface area (TPSA) is 58.6 Å². The quantitative estimate of drug-likeness (QED) is 0.680. The number of imide groups is 1. The van der Waals surface area contributed by atoms with E-state index in [2.05, 4.69) is 5.32 Å². The van der Waals surface area contributed by atoms with Crippen LogP contribution in [0.25, 0.3) is 0 Å². The van der Waals surface area contributed by atoms with Gasteiger partial charge in [-0.2, -0.15) is 0 Å². The molecule has 1 aliphatic heterocycles. The minimum atomic E-state index is -0.356. The normalized spacial score (nSPS) is 22.0. The summed E-state index contributed by atoms with van der Waals surface area (Å²) < 4.78 is 5.27. The lowest BCUT2D eigenvalue weighted by Crippen LogP contribution is -2.39. The second-order valence-corrected chi connectivity index (χ2v) is 4.72. The summed E-state index contributed by atoms with van der Waals surface area (Å²) in [6.07, 6.45) is 1.06. The summed E-state index contributed by atoms with van der Waals surface area (Å²) in [7, 11) is 3.18. The van der Waals surface area contributed by atoms with Gasteiger partial charge in [-0.05, 0) is 26.8 Å². The van der Waals surface area contributed by atoms with Crippen LogP contribution in [0.5, 0.6) is 0 Å². The number of carbonyl (C=O) groups is 2. The zero-order chi connectivity index (χ0) is 12.3. The largest absolute Gasteiger partial charge is 0.379 e. The molecule has 0 aromatic heterocycles. The Morgan fingerprint density at radius 3 is 2.56 bits per heavy atom. The van der Waals surface area contributed by atoms with Crippen molar-refractivity contribution in [3.63, 3.8) is 0 Å². The fourth-order valence-electron chi connectivity index (χ4n) is 1.56. The lowest BCUT2D eigenvalue weighted by molar-refractivity contribution is -0.137. The van der Waals surface area contributed by atoms with E-state index < -0.39 is 0 Å². The van der Waals surface area contributed by atoms with Crippen molar-refractivity contribution >= 4 is 11.8 Å². The summed E-state index contributed by atoms with van der Waals surface area (Å²) in [6.45, 7) is 4.64. The van der Waals surface area contributed by atoms with Gasteiger partial charge in [-0.1, -0.05) is 0 Å². The third-order valence-corrected chi connectivity index (χ3v) is 3.05. The van der Waals surface area contributed by atoms with Crippen LogP contribution in [0.1, 0.15) is 26.7 Å². The van der Waals surface area contributed by atoms with Crippen LogP contribution in [0.3, 0.4) is 0 Å². The van der Waals surface area contributed by atoms with E-state index in [-0.39, 0.29) is 29.9 Å². The molecule has 2 amide bonds. The van der Waals surface area contributed by atoms with E-state index in [1.165, 1.54) is 11.9 Å². The SMILES string of the molecule is COC(C)(C)CCNC1CC(=O)N(C)C1=O. The minimum absolute atomic E-state index is 0.117. The number of carbonyl (C=O) groups excluding carboxylic acids is 2. The van der Waals surface area contributed by atoms with E-state index in [9.17, 15) is 9.59 Å². The van der Waals surface area contributed by atoms with Gasteiger partial charge < -0.3 is 10.1 Å². The molecular formula is C11H20N2O3. The summed E-state index contributed by atoms with van der Waals surface area (Å²) in [6, 6.07) is -0.356. The Morgan fingerprint density at radius 1 is 1.50 bits per heavy atom. The Kier molecular flexibility index (Phi) is 4.04. The number of amides is 2. The molecule has 1 fully saturated rings. The van der Waals surface area contributed by atoms with Crippen molar-refractivity contribution in [2.45, 2.75) is 38.3 Å². The predicted octanol–water partition coefficient (Wildman–Crippen LogP) is 0.148. The molecule has 92 valence electrons. The Hall–Kier alpha value is -0.940. The first-order valence-electron chi connectivity index (χ1n) is 5.46. The number of nitrogens with zero attached hydrogens (tertiary/aromatic N) is 1. The highest BCUT2D eigenvalue weighted by molar-refractivity contribution is 6.05. The highest BCUT2D eigenvalue weighted by Gasteiger charge is 2.35. The number of likely N-dealkylation sites (tertiary alicyclic amines) is 1. The molecule has 0 saturated carbocycles. The van der Waals surface area contributed by atoms with Gasteiger partial charge in [0.05, 0.1) is 18.1 Å². The average Bonchev–Trinajstić information content (AvgIpc) is 2.46. The van der Waals surface area contributed by atoms with E-state index in [1.54, 1.807) is 7.11 Å². The molecule has 1 heterocycles. The molecule has 5 heteroatoms. The van der Waals surface area contributed by atoms with Crippen molar-refractivity contribution in [3.8, 4) is 0 Å². The number of nitrogens with one attached hydrogen (secondary N) is 1. The molecule has 1 N–H and O–H groups in total. The maximum atomic E-state index is 11.6. The second kappa shape index (κ2) is 4.93. The number of hydrogen-bond donors (Lipinski definition) is 1. The summed E-state index contributed by atoms with van der Waals surface area (Å²) in [5.41, 5.74) is -0.204. The molecule has 5 nitrogen and oxygen atoms in total. The van der Waals surface area contributed by atoms with Gasteiger partial charge in [-0.25, -0.2) is 0 Å². The van der Waals surface area contributed by atoms with Gasteiger partial charge >= 0.3 is 0 Å². The predicted molar refractivity (Wildman–Crippen MR) is 59.9 cm³/mol. The zero-order valence-electron chi connectivity index (χ0n) is 10.4. The minimum Gasteiger partial charge on any atom is -0.379 e. The van der Waals surface area contributed by atoms with Crippen LogP contribution in [0.2, 0.25) is 0 Å². The van der Waals surface area contributed by atoms with Crippen LogP contribution in [0.4, 0.5) is 0 Å². The number of methoxy groups -OCH3 is 1. The van der Waals surface area contributed by atoms with Crippen LogP contribution in [0.15, 0.2) is 0 Å². The van der Waals surface area contributed by atoms with Crippen molar-refractivity contribution in [2.24, 2.45) is 0 Å². The lowest BCUT2D eigenvalue weighted by Gasteiger charge is -2.23. The molecule has 1 unspecified atom stereocenters. The van der Waals surface area contributed by atoms with E-state index in [0.29, 0.717) is 6.54 Å². The molecule has 0 radical (unpaired) electrons. The second-order valence-electron chi connectivity index (χ2n) is 4.72.